The Labute approximate surface area is 162 Å². The second-order valence-corrected chi connectivity index (χ2v) is 7.59. The van der Waals surface area contributed by atoms with Crippen molar-refractivity contribution in [3.05, 3.63) is 63.1 Å². The summed E-state index contributed by atoms with van der Waals surface area (Å²) in [5.74, 6) is -0.0591. The Morgan fingerprint density at radius 1 is 1.12 bits per heavy atom. The van der Waals surface area contributed by atoms with E-state index in [1.54, 1.807) is 18.2 Å². The lowest BCUT2D eigenvalue weighted by Gasteiger charge is -2.32. The molecule has 2 aromatic rings. The fourth-order valence-electron chi connectivity index (χ4n) is 3.15. The van der Waals surface area contributed by atoms with Gasteiger partial charge in [0, 0.05) is 33.8 Å². The number of hydrogen-bond acceptors (Lipinski definition) is 2. The number of likely N-dealkylation sites (tertiary alicyclic amines) is 1. The number of benzene rings is 2. The predicted molar refractivity (Wildman–Crippen MR) is 105 cm³/mol. The number of carbonyl (C=O) groups excluding carboxylic acids is 1. The summed E-state index contributed by atoms with van der Waals surface area (Å²) in [7, 11) is 0. The summed E-state index contributed by atoms with van der Waals surface area (Å²) in [5.41, 5.74) is 1.72. The molecule has 1 saturated heterocycles. The number of anilines is 1. The molecule has 3 rings (SSSR count). The van der Waals surface area contributed by atoms with Crippen LogP contribution in [0, 0.1) is 5.92 Å². The normalized spacial score (nSPS) is 18.1. The summed E-state index contributed by atoms with van der Waals surface area (Å²) in [4.78, 5) is 14.9. The van der Waals surface area contributed by atoms with E-state index < -0.39 is 0 Å². The van der Waals surface area contributed by atoms with E-state index in [-0.39, 0.29) is 11.8 Å². The van der Waals surface area contributed by atoms with Gasteiger partial charge in [0.1, 0.15) is 0 Å². The zero-order valence-corrected chi connectivity index (χ0v) is 15.9. The quantitative estimate of drug-likeness (QED) is 0.739. The van der Waals surface area contributed by atoms with Crippen molar-refractivity contribution in [3.8, 4) is 0 Å². The van der Waals surface area contributed by atoms with E-state index in [0.29, 0.717) is 22.3 Å². The first-order valence-corrected chi connectivity index (χ1v) is 9.37. The SMILES string of the molecule is O=C(Nc1cc(Cl)cc(Cl)c1)[C@H]1CCCN(Cc2ccccc2Cl)C1. The monoisotopic (exact) mass is 396 g/mol. The van der Waals surface area contributed by atoms with Crippen LogP contribution in [0.1, 0.15) is 18.4 Å². The molecule has 0 unspecified atom stereocenters. The number of hydrogen-bond donors (Lipinski definition) is 1. The van der Waals surface area contributed by atoms with Crippen LogP contribution in [0.3, 0.4) is 0 Å². The summed E-state index contributed by atoms with van der Waals surface area (Å²) >= 11 is 18.2. The fourth-order valence-corrected chi connectivity index (χ4v) is 3.87. The van der Waals surface area contributed by atoms with E-state index in [0.717, 1.165) is 36.5 Å². The average Bonchev–Trinajstić information content (AvgIpc) is 2.56. The number of carbonyl (C=O) groups is 1. The van der Waals surface area contributed by atoms with Crippen LogP contribution in [0.2, 0.25) is 15.1 Å². The van der Waals surface area contributed by atoms with Crippen LogP contribution in [0.4, 0.5) is 5.69 Å². The molecular weight excluding hydrogens is 379 g/mol. The van der Waals surface area contributed by atoms with E-state index in [2.05, 4.69) is 10.2 Å². The molecule has 25 heavy (non-hydrogen) atoms. The molecule has 1 aliphatic heterocycles. The zero-order chi connectivity index (χ0) is 17.8. The molecule has 1 N–H and O–H groups in total. The van der Waals surface area contributed by atoms with Crippen molar-refractivity contribution in [2.24, 2.45) is 5.92 Å². The Kier molecular flexibility index (Phi) is 6.24. The number of nitrogens with one attached hydrogen (secondary N) is 1. The first-order chi connectivity index (χ1) is 12.0. The van der Waals surface area contributed by atoms with Crippen LogP contribution >= 0.6 is 34.8 Å². The van der Waals surface area contributed by atoms with Crippen molar-refractivity contribution >= 4 is 46.4 Å². The number of nitrogens with zero attached hydrogens (tertiary/aromatic N) is 1. The highest BCUT2D eigenvalue weighted by Gasteiger charge is 2.26. The van der Waals surface area contributed by atoms with Crippen LogP contribution < -0.4 is 5.32 Å². The largest absolute Gasteiger partial charge is 0.326 e. The molecule has 2 aromatic carbocycles. The second kappa shape index (κ2) is 8.41. The molecule has 1 heterocycles. The van der Waals surface area contributed by atoms with Gasteiger partial charge < -0.3 is 5.32 Å². The van der Waals surface area contributed by atoms with Crippen LogP contribution in [-0.4, -0.2) is 23.9 Å². The van der Waals surface area contributed by atoms with Crippen molar-refractivity contribution in [2.75, 3.05) is 18.4 Å². The van der Waals surface area contributed by atoms with Gasteiger partial charge >= 0.3 is 0 Å². The molecule has 1 amide bonds. The molecule has 1 fully saturated rings. The van der Waals surface area contributed by atoms with Crippen molar-refractivity contribution in [3.63, 3.8) is 0 Å². The van der Waals surface area contributed by atoms with Gasteiger partial charge in [-0.1, -0.05) is 53.0 Å². The summed E-state index contributed by atoms with van der Waals surface area (Å²) in [6.45, 7) is 2.44. The first-order valence-electron chi connectivity index (χ1n) is 8.24. The highest BCUT2D eigenvalue weighted by atomic mass is 35.5. The molecule has 1 atom stereocenters. The minimum Gasteiger partial charge on any atom is -0.326 e. The Balaban J connectivity index is 1.62. The second-order valence-electron chi connectivity index (χ2n) is 6.31. The molecule has 0 saturated carbocycles. The van der Waals surface area contributed by atoms with Gasteiger partial charge in [0.05, 0.1) is 5.92 Å². The zero-order valence-electron chi connectivity index (χ0n) is 13.6. The Bertz CT molecular complexity index is 746. The van der Waals surface area contributed by atoms with Gasteiger partial charge in [-0.3, -0.25) is 9.69 Å². The lowest BCUT2D eigenvalue weighted by Crippen LogP contribution is -2.40. The Morgan fingerprint density at radius 2 is 1.84 bits per heavy atom. The van der Waals surface area contributed by atoms with Gasteiger partial charge in [-0.2, -0.15) is 0 Å². The summed E-state index contributed by atoms with van der Waals surface area (Å²) in [5, 5.41) is 4.71. The summed E-state index contributed by atoms with van der Waals surface area (Å²) in [6.07, 6.45) is 1.86. The Morgan fingerprint density at radius 3 is 2.56 bits per heavy atom. The van der Waals surface area contributed by atoms with Crippen molar-refractivity contribution in [2.45, 2.75) is 19.4 Å². The van der Waals surface area contributed by atoms with Crippen LogP contribution in [-0.2, 0) is 11.3 Å². The standard InChI is InChI=1S/C19H19Cl3N2O/c20-15-8-16(21)10-17(9-15)23-19(25)14-5-3-7-24(12-14)11-13-4-1-2-6-18(13)22/h1-2,4,6,8-10,14H,3,5,7,11-12H2,(H,23,25)/t14-/m0/s1. The first kappa shape index (κ1) is 18.5. The lowest BCUT2D eigenvalue weighted by atomic mass is 9.96. The van der Waals surface area contributed by atoms with E-state index >= 15 is 0 Å². The number of rotatable bonds is 4. The third-order valence-electron chi connectivity index (χ3n) is 4.36. The number of halogens is 3. The van der Waals surface area contributed by atoms with Crippen LogP contribution in [0.15, 0.2) is 42.5 Å². The van der Waals surface area contributed by atoms with E-state index in [4.69, 9.17) is 34.8 Å². The Hall–Kier alpha value is -1.26. The number of amides is 1. The fraction of sp³-hybridized carbons (Fsp3) is 0.316. The van der Waals surface area contributed by atoms with Gasteiger partial charge in [-0.05, 0) is 49.2 Å². The summed E-state index contributed by atoms with van der Waals surface area (Å²) in [6, 6.07) is 12.9. The van der Waals surface area contributed by atoms with Crippen molar-refractivity contribution in [1.82, 2.24) is 4.90 Å². The van der Waals surface area contributed by atoms with Gasteiger partial charge in [0.2, 0.25) is 5.91 Å². The van der Waals surface area contributed by atoms with Crippen molar-refractivity contribution < 1.29 is 4.79 Å². The molecule has 132 valence electrons. The highest BCUT2D eigenvalue weighted by Crippen LogP contribution is 2.25. The minimum absolute atomic E-state index is 0.00203. The van der Waals surface area contributed by atoms with Crippen molar-refractivity contribution in [1.29, 1.82) is 0 Å². The third kappa shape index (κ3) is 5.11. The molecule has 0 spiro atoms. The lowest BCUT2D eigenvalue weighted by molar-refractivity contribution is -0.121. The molecule has 3 nitrogen and oxygen atoms in total. The average molecular weight is 398 g/mol. The topological polar surface area (TPSA) is 32.3 Å². The molecule has 6 heteroatoms. The van der Waals surface area contributed by atoms with Gasteiger partial charge in [0.25, 0.3) is 0 Å². The van der Waals surface area contributed by atoms with Gasteiger partial charge in [-0.15, -0.1) is 0 Å². The van der Waals surface area contributed by atoms with E-state index in [9.17, 15) is 4.79 Å². The third-order valence-corrected chi connectivity index (χ3v) is 5.16. The molecule has 0 aliphatic carbocycles. The highest BCUT2D eigenvalue weighted by molar-refractivity contribution is 6.35. The van der Waals surface area contributed by atoms with E-state index in [1.807, 2.05) is 24.3 Å². The van der Waals surface area contributed by atoms with E-state index in [1.165, 1.54) is 0 Å². The predicted octanol–water partition coefficient (Wildman–Crippen LogP) is 5.50. The van der Waals surface area contributed by atoms with Crippen LogP contribution in [0.5, 0.6) is 0 Å². The maximum atomic E-state index is 12.6. The molecular formula is C19H19Cl3N2O. The maximum absolute atomic E-state index is 12.6. The molecule has 1 aliphatic rings. The molecule has 0 radical (unpaired) electrons. The van der Waals surface area contributed by atoms with Crippen LogP contribution in [0.25, 0.3) is 0 Å². The molecule has 0 aromatic heterocycles. The van der Waals surface area contributed by atoms with Gasteiger partial charge in [-0.25, -0.2) is 0 Å². The minimum atomic E-state index is -0.0611. The molecule has 0 bridgehead atoms. The maximum Gasteiger partial charge on any atom is 0.228 e. The number of piperidine rings is 1. The van der Waals surface area contributed by atoms with Gasteiger partial charge in [0.15, 0.2) is 0 Å². The smallest absolute Gasteiger partial charge is 0.228 e. The summed E-state index contributed by atoms with van der Waals surface area (Å²) < 4.78 is 0.